The maximum atomic E-state index is 13.0. The Bertz CT molecular complexity index is 1450. The summed E-state index contributed by atoms with van der Waals surface area (Å²) in [4.78, 5) is 22.9. The zero-order valence-electron chi connectivity index (χ0n) is 19.3. The summed E-state index contributed by atoms with van der Waals surface area (Å²) in [5.41, 5.74) is 3.07. The van der Waals surface area contributed by atoms with Crippen molar-refractivity contribution < 1.29 is 22.4 Å². The van der Waals surface area contributed by atoms with Crippen LogP contribution >= 0.6 is 0 Å². The number of hydrogen-bond acceptors (Lipinski definition) is 9. The molecule has 0 saturated heterocycles. The smallest absolute Gasteiger partial charge is 0.416 e. The Morgan fingerprint density at radius 1 is 1.14 bits per heavy atom. The van der Waals surface area contributed by atoms with Gasteiger partial charge in [0.05, 0.1) is 23.4 Å². The molecule has 3 aromatic heterocycles. The Kier molecular flexibility index (Phi) is 5.57. The van der Waals surface area contributed by atoms with E-state index in [1.54, 1.807) is 4.90 Å². The molecule has 1 aliphatic heterocycles. The first-order chi connectivity index (χ1) is 17.8. The molecule has 2 N–H and O–H groups in total. The molecule has 1 amide bonds. The van der Waals surface area contributed by atoms with Gasteiger partial charge in [-0.25, -0.2) is 9.97 Å². The molecule has 190 valence electrons. The van der Waals surface area contributed by atoms with E-state index < -0.39 is 11.7 Å². The van der Waals surface area contributed by atoms with Crippen LogP contribution in [-0.4, -0.2) is 59.0 Å². The van der Waals surface area contributed by atoms with E-state index in [2.05, 4.69) is 40.9 Å². The van der Waals surface area contributed by atoms with Crippen molar-refractivity contribution in [2.45, 2.75) is 44.4 Å². The summed E-state index contributed by atoms with van der Waals surface area (Å²) in [7, 11) is 0. The van der Waals surface area contributed by atoms with Crippen molar-refractivity contribution >= 4 is 11.9 Å². The molecule has 1 unspecified atom stereocenters. The lowest BCUT2D eigenvalue weighted by Crippen LogP contribution is -2.37. The lowest BCUT2D eigenvalue weighted by atomic mass is 10.1. The molecule has 37 heavy (non-hydrogen) atoms. The zero-order chi connectivity index (χ0) is 25.6. The number of benzene rings is 1. The second-order valence-electron chi connectivity index (χ2n) is 9.01. The lowest BCUT2D eigenvalue weighted by Gasteiger charge is -2.25. The quantitative estimate of drug-likeness (QED) is 0.413. The van der Waals surface area contributed by atoms with Gasteiger partial charge in [0.1, 0.15) is 12.1 Å². The highest BCUT2D eigenvalue weighted by molar-refractivity contribution is 5.78. The van der Waals surface area contributed by atoms with Crippen molar-refractivity contribution in [1.82, 2.24) is 40.5 Å². The summed E-state index contributed by atoms with van der Waals surface area (Å²) in [6, 6.07) is 3.72. The van der Waals surface area contributed by atoms with E-state index in [4.69, 9.17) is 4.42 Å². The molecule has 0 bridgehead atoms. The molecule has 4 heterocycles. The fraction of sp³-hybridized carbons (Fsp3) is 0.348. The van der Waals surface area contributed by atoms with Crippen LogP contribution in [0.5, 0.6) is 0 Å². The molecule has 4 aromatic rings. The van der Waals surface area contributed by atoms with E-state index in [1.807, 2.05) is 0 Å². The molecule has 0 fully saturated rings. The van der Waals surface area contributed by atoms with Crippen LogP contribution in [0.2, 0.25) is 0 Å². The van der Waals surface area contributed by atoms with Gasteiger partial charge in [-0.2, -0.15) is 13.2 Å². The number of alkyl halides is 3. The number of rotatable bonds is 5. The summed E-state index contributed by atoms with van der Waals surface area (Å²) < 4.78 is 44.6. The van der Waals surface area contributed by atoms with Crippen molar-refractivity contribution in [2.75, 3.05) is 11.9 Å². The molecular weight excluding hydrogens is 491 g/mol. The van der Waals surface area contributed by atoms with Gasteiger partial charge in [-0.15, -0.1) is 15.3 Å². The van der Waals surface area contributed by atoms with Crippen LogP contribution in [0.1, 0.15) is 34.0 Å². The summed E-state index contributed by atoms with van der Waals surface area (Å²) in [5.74, 6) is 0.541. The Balaban J connectivity index is 1.06. The lowest BCUT2D eigenvalue weighted by molar-refractivity contribution is -0.137. The zero-order valence-corrected chi connectivity index (χ0v) is 19.3. The van der Waals surface area contributed by atoms with E-state index in [0.29, 0.717) is 49.4 Å². The minimum Gasteiger partial charge on any atom is -0.420 e. The number of nitrogens with one attached hydrogen (secondary N) is 2. The molecule has 14 heteroatoms. The van der Waals surface area contributed by atoms with Gasteiger partial charge in [-0.3, -0.25) is 9.89 Å². The summed E-state index contributed by atoms with van der Waals surface area (Å²) in [5, 5.41) is 21.7. The number of hydrogen-bond donors (Lipinski definition) is 2. The minimum atomic E-state index is -4.36. The maximum absolute atomic E-state index is 13.0. The van der Waals surface area contributed by atoms with Crippen LogP contribution in [-0.2, 0) is 43.2 Å². The van der Waals surface area contributed by atoms with Gasteiger partial charge in [0.2, 0.25) is 17.7 Å². The van der Waals surface area contributed by atoms with Crippen LogP contribution in [0.25, 0.3) is 11.5 Å². The van der Waals surface area contributed by atoms with Gasteiger partial charge in [-0.1, -0.05) is 11.3 Å². The monoisotopic (exact) mass is 511 g/mol. The molecule has 11 nitrogen and oxygen atoms in total. The molecule has 0 saturated carbocycles. The number of fused-ring (bicyclic) bond motifs is 2. The molecular formula is C23H20F3N9O2. The molecule has 0 radical (unpaired) electrons. The highest BCUT2D eigenvalue weighted by atomic mass is 19.4. The molecule has 1 atom stereocenters. The number of nitrogens with zero attached hydrogens (tertiary/aromatic N) is 7. The number of halogens is 3. The van der Waals surface area contributed by atoms with Gasteiger partial charge in [0, 0.05) is 31.4 Å². The first-order valence-electron chi connectivity index (χ1n) is 11.6. The predicted molar refractivity (Wildman–Crippen MR) is 121 cm³/mol. The molecule has 2 aliphatic rings. The first-order valence-corrected chi connectivity index (χ1v) is 11.6. The second kappa shape index (κ2) is 8.94. The summed E-state index contributed by atoms with van der Waals surface area (Å²) in [6.45, 7) is 0.929. The van der Waals surface area contributed by atoms with Crippen LogP contribution in [0.3, 0.4) is 0 Å². The minimum absolute atomic E-state index is 0.0427. The number of aromatic nitrogens is 7. The van der Waals surface area contributed by atoms with E-state index >= 15 is 0 Å². The number of carbonyl (C=O) groups excluding carboxylic acids is 1. The Hall–Kier alpha value is -4.36. The van der Waals surface area contributed by atoms with Gasteiger partial charge in [0.15, 0.2) is 0 Å². The number of H-pyrrole nitrogens is 1. The topological polar surface area (TPSA) is 139 Å². The van der Waals surface area contributed by atoms with Crippen LogP contribution < -0.4 is 5.32 Å². The molecule has 0 spiro atoms. The number of aromatic amines is 1. The van der Waals surface area contributed by atoms with Crippen LogP contribution in [0.15, 0.2) is 35.0 Å². The average Bonchev–Trinajstić information content (AvgIpc) is 3.62. The molecule has 6 rings (SSSR count). The van der Waals surface area contributed by atoms with E-state index in [9.17, 15) is 18.0 Å². The van der Waals surface area contributed by atoms with E-state index in [1.165, 1.54) is 24.5 Å². The van der Waals surface area contributed by atoms with Gasteiger partial charge in [0.25, 0.3) is 5.89 Å². The van der Waals surface area contributed by atoms with Crippen molar-refractivity contribution in [3.05, 3.63) is 64.6 Å². The van der Waals surface area contributed by atoms with Crippen molar-refractivity contribution in [3.63, 3.8) is 0 Å². The highest BCUT2D eigenvalue weighted by Crippen LogP contribution is 2.33. The van der Waals surface area contributed by atoms with Crippen LogP contribution in [0, 0.1) is 0 Å². The predicted octanol–water partition coefficient (Wildman–Crippen LogP) is 2.37. The third-order valence-corrected chi connectivity index (χ3v) is 6.50. The largest absolute Gasteiger partial charge is 0.420 e. The van der Waals surface area contributed by atoms with Crippen molar-refractivity contribution in [3.8, 4) is 11.5 Å². The first kappa shape index (κ1) is 23.1. The molecule has 1 aliphatic carbocycles. The fourth-order valence-electron chi connectivity index (χ4n) is 4.59. The van der Waals surface area contributed by atoms with Crippen LogP contribution in [0.4, 0.5) is 19.1 Å². The third kappa shape index (κ3) is 4.73. The van der Waals surface area contributed by atoms with Gasteiger partial charge >= 0.3 is 6.18 Å². The number of amides is 1. The number of carbonyl (C=O) groups is 1. The normalized spacial score (nSPS) is 16.9. The highest BCUT2D eigenvalue weighted by Gasteiger charge is 2.33. The standard InChI is InChI=1S/C23H20F3N9O2/c24-23(25,26)15-2-1-12-6-16(7-13(12)5-15)29-22-27-9-14(10-28-22)21-33-32-19(37-21)8-20(36)35-4-3-17-18(11-35)31-34-30-17/h1-2,5,9-10,16H,3-4,6-8,11H2,(H,27,28,29)(H,30,31,34). The van der Waals surface area contributed by atoms with Crippen molar-refractivity contribution in [1.29, 1.82) is 0 Å². The van der Waals surface area contributed by atoms with E-state index in [-0.39, 0.29) is 30.2 Å². The van der Waals surface area contributed by atoms with Gasteiger partial charge < -0.3 is 14.6 Å². The summed E-state index contributed by atoms with van der Waals surface area (Å²) in [6.07, 6.45) is 0.289. The Labute approximate surface area is 207 Å². The Morgan fingerprint density at radius 2 is 1.95 bits per heavy atom. The summed E-state index contributed by atoms with van der Waals surface area (Å²) >= 11 is 0. The molecule has 1 aromatic carbocycles. The van der Waals surface area contributed by atoms with Crippen molar-refractivity contribution in [2.24, 2.45) is 0 Å². The third-order valence-electron chi connectivity index (χ3n) is 6.50. The Morgan fingerprint density at radius 3 is 2.76 bits per heavy atom. The average molecular weight is 511 g/mol. The maximum Gasteiger partial charge on any atom is 0.416 e. The van der Waals surface area contributed by atoms with Gasteiger partial charge in [-0.05, 0) is 36.1 Å². The van der Waals surface area contributed by atoms with E-state index in [0.717, 1.165) is 23.0 Å². The number of anilines is 1. The SMILES string of the molecule is O=C(Cc1nnc(-c2cnc(NC3Cc4ccc(C(F)(F)F)cc4C3)nc2)o1)N1CCc2[nH]nnc2C1. The fourth-order valence-corrected chi connectivity index (χ4v) is 4.59. The second-order valence-corrected chi connectivity index (χ2v) is 9.01.